The highest BCUT2D eigenvalue weighted by Crippen LogP contribution is 2.24. The second-order valence-electron chi connectivity index (χ2n) is 9.12. The van der Waals surface area contributed by atoms with Crippen molar-refractivity contribution in [1.82, 2.24) is 14.8 Å². The largest absolute Gasteiger partial charge is 0.484 e. The molecule has 0 saturated heterocycles. The number of carbonyl (C=O) groups is 2. The van der Waals surface area contributed by atoms with Crippen LogP contribution >= 0.6 is 0 Å². The molecule has 7 nitrogen and oxygen atoms in total. The Kier molecular flexibility index (Phi) is 8.68. The standard InChI is InChI=1S/C29H34N4O3/c1-23-10-3-6-14-28(23)36-22-29(35)32-19-18-31(21-26-12-7-8-15-30-26)16-9-17-33(24(2)34)27-13-5-4-11-25(27)20-32/h3-8,10-15H,9,16-22H2,1-2H3. The molecule has 0 fully saturated rings. The minimum absolute atomic E-state index is 0.00117. The second-order valence-corrected chi connectivity index (χ2v) is 9.12. The van der Waals surface area contributed by atoms with Crippen LogP contribution in [0.3, 0.4) is 0 Å². The average Bonchev–Trinajstić information content (AvgIpc) is 2.92. The van der Waals surface area contributed by atoms with Crippen LogP contribution < -0.4 is 9.64 Å². The summed E-state index contributed by atoms with van der Waals surface area (Å²) in [6.07, 6.45) is 2.62. The van der Waals surface area contributed by atoms with E-state index in [1.54, 1.807) is 13.1 Å². The minimum Gasteiger partial charge on any atom is -0.484 e. The normalized spacial score (nSPS) is 15.1. The Morgan fingerprint density at radius 3 is 2.47 bits per heavy atom. The van der Waals surface area contributed by atoms with Crippen molar-refractivity contribution in [2.45, 2.75) is 33.4 Å². The fourth-order valence-corrected chi connectivity index (χ4v) is 4.51. The molecule has 2 aromatic carbocycles. The number of aryl methyl sites for hydroxylation is 1. The number of benzene rings is 2. The summed E-state index contributed by atoms with van der Waals surface area (Å²) < 4.78 is 5.89. The highest BCUT2D eigenvalue weighted by molar-refractivity contribution is 5.92. The van der Waals surface area contributed by atoms with Crippen LogP contribution in [0.1, 0.15) is 30.2 Å². The molecule has 0 saturated carbocycles. The van der Waals surface area contributed by atoms with E-state index in [0.717, 1.165) is 35.5 Å². The Morgan fingerprint density at radius 1 is 0.917 bits per heavy atom. The third-order valence-electron chi connectivity index (χ3n) is 6.48. The van der Waals surface area contributed by atoms with Crippen LogP contribution in [0.5, 0.6) is 5.75 Å². The van der Waals surface area contributed by atoms with Gasteiger partial charge in [0.1, 0.15) is 5.75 Å². The van der Waals surface area contributed by atoms with E-state index in [1.165, 1.54) is 0 Å². The summed E-state index contributed by atoms with van der Waals surface area (Å²) in [4.78, 5) is 36.5. The zero-order valence-electron chi connectivity index (χ0n) is 21.1. The molecule has 4 rings (SSSR count). The van der Waals surface area contributed by atoms with Crippen LogP contribution in [0.2, 0.25) is 0 Å². The quantitative estimate of drug-likeness (QED) is 0.544. The van der Waals surface area contributed by atoms with Gasteiger partial charge >= 0.3 is 0 Å². The van der Waals surface area contributed by atoms with Gasteiger partial charge in [-0.05, 0) is 48.7 Å². The maximum atomic E-state index is 13.4. The third kappa shape index (κ3) is 6.70. The number of pyridine rings is 1. The summed E-state index contributed by atoms with van der Waals surface area (Å²) in [6, 6.07) is 21.5. The van der Waals surface area contributed by atoms with Crippen LogP contribution in [0.25, 0.3) is 0 Å². The number of ether oxygens (including phenoxy) is 1. The molecule has 1 aliphatic rings. The van der Waals surface area contributed by atoms with E-state index in [4.69, 9.17) is 4.74 Å². The number of fused-ring (bicyclic) bond motifs is 1. The molecule has 188 valence electrons. The molecule has 7 heteroatoms. The van der Waals surface area contributed by atoms with Crippen molar-refractivity contribution < 1.29 is 14.3 Å². The van der Waals surface area contributed by atoms with E-state index in [2.05, 4.69) is 9.88 Å². The number of hydrogen-bond acceptors (Lipinski definition) is 5. The van der Waals surface area contributed by atoms with Crippen molar-refractivity contribution in [2.75, 3.05) is 37.7 Å². The minimum atomic E-state index is -0.0838. The van der Waals surface area contributed by atoms with Crippen LogP contribution in [0, 0.1) is 6.92 Å². The predicted octanol–water partition coefficient (Wildman–Crippen LogP) is 4.06. The lowest BCUT2D eigenvalue weighted by atomic mass is 10.1. The molecule has 2 heterocycles. The van der Waals surface area contributed by atoms with Crippen molar-refractivity contribution in [3.05, 3.63) is 89.7 Å². The maximum absolute atomic E-state index is 13.4. The first-order chi connectivity index (χ1) is 17.5. The summed E-state index contributed by atoms with van der Waals surface area (Å²) in [5.74, 6) is 0.627. The molecule has 3 aromatic rings. The Hall–Kier alpha value is -3.71. The third-order valence-corrected chi connectivity index (χ3v) is 6.48. The zero-order chi connectivity index (χ0) is 25.3. The number of rotatable bonds is 5. The number of aromatic nitrogens is 1. The van der Waals surface area contributed by atoms with Crippen molar-refractivity contribution in [2.24, 2.45) is 0 Å². The Bertz CT molecular complexity index is 1170. The summed E-state index contributed by atoms with van der Waals surface area (Å²) >= 11 is 0. The lowest BCUT2D eigenvalue weighted by Gasteiger charge is -2.28. The smallest absolute Gasteiger partial charge is 0.260 e. The first-order valence-electron chi connectivity index (χ1n) is 12.5. The second kappa shape index (κ2) is 12.3. The highest BCUT2D eigenvalue weighted by atomic mass is 16.5. The van der Waals surface area contributed by atoms with Gasteiger partial charge in [0.15, 0.2) is 6.61 Å². The van der Waals surface area contributed by atoms with Crippen LogP contribution in [-0.2, 0) is 22.7 Å². The molecule has 0 N–H and O–H groups in total. The number of carbonyl (C=O) groups excluding carboxylic acids is 2. The molecule has 1 aromatic heterocycles. The van der Waals surface area contributed by atoms with Crippen molar-refractivity contribution >= 4 is 17.5 Å². The Labute approximate surface area is 213 Å². The molecule has 0 unspecified atom stereocenters. The first-order valence-corrected chi connectivity index (χ1v) is 12.5. The van der Waals surface area contributed by atoms with E-state index in [1.807, 2.05) is 83.5 Å². The van der Waals surface area contributed by atoms with E-state index in [0.29, 0.717) is 38.5 Å². The van der Waals surface area contributed by atoms with E-state index >= 15 is 0 Å². The van der Waals surface area contributed by atoms with Gasteiger partial charge in [0, 0.05) is 58.1 Å². The van der Waals surface area contributed by atoms with Crippen molar-refractivity contribution in [1.29, 1.82) is 0 Å². The molecule has 0 radical (unpaired) electrons. The van der Waals surface area contributed by atoms with Crippen LogP contribution in [0.15, 0.2) is 72.9 Å². The number of hydrogen-bond donors (Lipinski definition) is 0. The number of nitrogens with zero attached hydrogens (tertiary/aromatic N) is 4. The first kappa shape index (κ1) is 25.4. The topological polar surface area (TPSA) is 66.0 Å². The predicted molar refractivity (Wildman–Crippen MR) is 141 cm³/mol. The van der Waals surface area contributed by atoms with Gasteiger partial charge in [-0.25, -0.2) is 0 Å². The summed E-state index contributed by atoms with van der Waals surface area (Å²) in [6.45, 7) is 7.30. The molecular weight excluding hydrogens is 452 g/mol. The Morgan fingerprint density at radius 2 is 1.69 bits per heavy atom. The molecule has 0 bridgehead atoms. The van der Waals surface area contributed by atoms with E-state index < -0.39 is 0 Å². The van der Waals surface area contributed by atoms with Gasteiger partial charge in [0.2, 0.25) is 5.91 Å². The maximum Gasteiger partial charge on any atom is 0.260 e. The zero-order valence-corrected chi connectivity index (χ0v) is 21.1. The lowest BCUT2D eigenvalue weighted by Crippen LogP contribution is -2.40. The van der Waals surface area contributed by atoms with Gasteiger partial charge in [0.05, 0.1) is 5.69 Å². The molecule has 36 heavy (non-hydrogen) atoms. The summed E-state index contributed by atoms with van der Waals surface area (Å²) in [5, 5.41) is 0. The van der Waals surface area contributed by atoms with Gasteiger partial charge in [-0.3, -0.25) is 19.5 Å². The van der Waals surface area contributed by atoms with Crippen LogP contribution in [-0.4, -0.2) is 59.4 Å². The van der Waals surface area contributed by atoms with Gasteiger partial charge < -0.3 is 14.5 Å². The fourth-order valence-electron chi connectivity index (χ4n) is 4.51. The number of para-hydroxylation sites is 2. The Balaban J connectivity index is 1.57. The fraction of sp³-hybridized carbons (Fsp3) is 0.345. The molecule has 0 atom stereocenters. The van der Waals surface area contributed by atoms with Gasteiger partial charge in [-0.2, -0.15) is 0 Å². The number of anilines is 1. The number of amides is 2. The molecule has 1 aliphatic heterocycles. The van der Waals surface area contributed by atoms with Crippen molar-refractivity contribution in [3.8, 4) is 5.75 Å². The monoisotopic (exact) mass is 486 g/mol. The molecule has 0 aliphatic carbocycles. The van der Waals surface area contributed by atoms with E-state index in [-0.39, 0.29) is 18.4 Å². The average molecular weight is 487 g/mol. The summed E-state index contributed by atoms with van der Waals surface area (Å²) in [5.41, 5.74) is 3.79. The highest BCUT2D eigenvalue weighted by Gasteiger charge is 2.22. The molecular formula is C29H34N4O3. The van der Waals surface area contributed by atoms with Crippen molar-refractivity contribution in [3.63, 3.8) is 0 Å². The van der Waals surface area contributed by atoms with Gasteiger partial charge in [-0.15, -0.1) is 0 Å². The molecule has 2 amide bonds. The summed E-state index contributed by atoms with van der Waals surface area (Å²) in [7, 11) is 0. The van der Waals surface area contributed by atoms with Gasteiger partial charge in [0.25, 0.3) is 5.91 Å². The van der Waals surface area contributed by atoms with Gasteiger partial charge in [-0.1, -0.05) is 42.5 Å². The van der Waals surface area contributed by atoms with Crippen LogP contribution in [0.4, 0.5) is 5.69 Å². The van der Waals surface area contributed by atoms with E-state index in [9.17, 15) is 9.59 Å². The lowest BCUT2D eigenvalue weighted by molar-refractivity contribution is -0.134. The molecule has 0 spiro atoms. The SMILES string of the molecule is CC(=O)N1CCCN(Cc2ccccn2)CCN(C(=O)COc2ccccc2C)Cc2ccccc21.